The first-order valence-electron chi connectivity index (χ1n) is 5.49. The van der Waals surface area contributed by atoms with E-state index in [0.717, 1.165) is 25.9 Å². The SMILES string of the molecule is Nc1ccc(Cl)nc1SCC(=O)N1CCCC1. The van der Waals surface area contributed by atoms with E-state index in [9.17, 15) is 4.79 Å². The van der Waals surface area contributed by atoms with Crippen molar-refractivity contribution in [3.63, 3.8) is 0 Å². The Labute approximate surface area is 110 Å². The normalized spacial score (nSPS) is 15.2. The average Bonchev–Trinajstić information content (AvgIpc) is 2.83. The lowest BCUT2D eigenvalue weighted by molar-refractivity contribution is -0.127. The van der Waals surface area contributed by atoms with Gasteiger partial charge < -0.3 is 10.6 Å². The maximum Gasteiger partial charge on any atom is 0.232 e. The fourth-order valence-electron chi connectivity index (χ4n) is 1.73. The molecule has 4 nitrogen and oxygen atoms in total. The molecule has 1 saturated heterocycles. The molecule has 6 heteroatoms. The molecule has 2 rings (SSSR count). The summed E-state index contributed by atoms with van der Waals surface area (Å²) in [7, 11) is 0. The molecule has 1 fully saturated rings. The third kappa shape index (κ3) is 3.26. The quantitative estimate of drug-likeness (QED) is 0.675. The molecule has 1 aliphatic heterocycles. The van der Waals surface area contributed by atoms with Gasteiger partial charge in [-0.3, -0.25) is 4.79 Å². The Morgan fingerprint density at radius 3 is 2.88 bits per heavy atom. The Bertz CT molecular complexity index is 421. The van der Waals surface area contributed by atoms with Crippen LogP contribution in [0.2, 0.25) is 5.15 Å². The number of rotatable bonds is 3. The first-order valence-corrected chi connectivity index (χ1v) is 6.86. The van der Waals surface area contributed by atoms with Crippen LogP contribution >= 0.6 is 23.4 Å². The number of hydrogen-bond acceptors (Lipinski definition) is 4. The third-order valence-corrected chi connectivity index (χ3v) is 3.85. The predicted octanol–water partition coefficient (Wildman–Crippen LogP) is 2.03. The molecule has 0 radical (unpaired) electrons. The molecule has 0 saturated carbocycles. The minimum atomic E-state index is 0.147. The van der Waals surface area contributed by atoms with E-state index in [1.807, 2.05) is 4.90 Å². The molecule has 0 aliphatic carbocycles. The zero-order chi connectivity index (χ0) is 12.3. The Morgan fingerprint density at radius 1 is 1.47 bits per heavy atom. The maximum absolute atomic E-state index is 11.8. The first kappa shape index (κ1) is 12.5. The van der Waals surface area contributed by atoms with Gasteiger partial charge in [0.25, 0.3) is 0 Å². The van der Waals surface area contributed by atoms with E-state index in [-0.39, 0.29) is 5.91 Å². The molecule has 1 amide bonds. The van der Waals surface area contributed by atoms with Gasteiger partial charge in [-0.15, -0.1) is 0 Å². The summed E-state index contributed by atoms with van der Waals surface area (Å²) in [6, 6.07) is 3.35. The van der Waals surface area contributed by atoms with Gasteiger partial charge >= 0.3 is 0 Å². The molecule has 1 aromatic heterocycles. The maximum atomic E-state index is 11.8. The lowest BCUT2D eigenvalue weighted by Crippen LogP contribution is -2.29. The molecule has 17 heavy (non-hydrogen) atoms. The number of halogens is 1. The number of likely N-dealkylation sites (tertiary alicyclic amines) is 1. The number of carbonyl (C=O) groups is 1. The monoisotopic (exact) mass is 271 g/mol. The van der Waals surface area contributed by atoms with Crippen molar-refractivity contribution in [1.82, 2.24) is 9.88 Å². The number of anilines is 1. The number of pyridine rings is 1. The summed E-state index contributed by atoms with van der Waals surface area (Å²) >= 11 is 7.13. The molecule has 2 N–H and O–H groups in total. The van der Waals surface area contributed by atoms with Crippen molar-refractivity contribution < 1.29 is 4.79 Å². The first-order chi connectivity index (χ1) is 8.16. The Balaban J connectivity index is 1.92. The van der Waals surface area contributed by atoms with Crippen molar-refractivity contribution in [2.45, 2.75) is 17.9 Å². The molecular formula is C11H14ClN3OS. The van der Waals surface area contributed by atoms with Crippen molar-refractivity contribution in [3.8, 4) is 0 Å². The van der Waals surface area contributed by atoms with Gasteiger partial charge in [0.05, 0.1) is 11.4 Å². The van der Waals surface area contributed by atoms with Gasteiger partial charge in [-0.2, -0.15) is 0 Å². The van der Waals surface area contributed by atoms with Crippen LogP contribution < -0.4 is 5.73 Å². The number of nitrogen functional groups attached to an aromatic ring is 1. The van der Waals surface area contributed by atoms with E-state index >= 15 is 0 Å². The number of thioether (sulfide) groups is 1. The van der Waals surface area contributed by atoms with Crippen LogP contribution in [0, 0.1) is 0 Å². The Kier molecular flexibility index (Phi) is 4.12. The van der Waals surface area contributed by atoms with Gasteiger partial charge in [-0.25, -0.2) is 4.98 Å². The highest BCUT2D eigenvalue weighted by molar-refractivity contribution is 8.00. The van der Waals surface area contributed by atoms with Crippen LogP contribution in [0.25, 0.3) is 0 Å². The molecule has 92 valence electrons. The van der Waals surface area contributed by atoms with E-state index in [1.54, 1.807) is 12.1 Å². The number of amides is 1. The van der Waals surface area contributed by atoms with Gasteiger partial charge in [-0.1, -0.05) is 23.4 Å². The summed E-state index contributed by atoms with van der Waals surface area (Å²) in [5, 5.41) is 1.03. The molecule has 0 aromatic carbocycles. The molecule has 1 aromatic rings. The molecule has 0 bridgehead atoms. The molecule has 0 atom stereocenters. The molecule has 0 unspecified atom stereocenters. The second-order valence-electron chi connectivity index (χ2n) is 3.90. The largest absolute Gasteiger partial charge is 0.397 e. The van der Waals surface area contributed by atoms with E-state index in [4.69, 9.17) is 17.3 Å². The van der Waals surface area contributed by atoms with E-state index in [2.05, 4.69) is 4.98 Å². The summed E-state index contributed by atoms with van der Waals surface area (Å²) < 4.78 is 0. The summed E-state index contributed by atoms with van der Waals surface area (Å²) in [6.45, 7) is 1.75. The molecule has 2 heterocycles. The summed E-state index contributed by atoms with van der Waals surface area (Å²) in [4.78, 5) is 17.8. The van der Waals surface area contributed by atoms with Crippen molar-refractivity contribution in [2.75, 3.05) is 24.6 Å². The van der Waals surface area contributed by atoms with Crippen molar-refractivity contribution >= 4 is 35.0 Å². The fraction of sp³-hybridized carbons (Fsp3) is 0.455. The fourth-order valence-corrected chi connectivity index (χ4v) is 2.77. The van der Waals surface area contributed by atoms with Crippen LogP contribution in [0.4, 0.5) is 5.69 Å². The van der Waals surface area contributed by atoms with Gasteiger partial charge in [-0.05, 0) is 25.0 Å². The number of aromatic nitrogens is 1. The smallest absolute Gasteiger partial charge is 0.232 e. The second-order valence-corrected chi connectivity index (χ2v) is 5.26. The topological polar surface area (TPSA) is 59.2 Å². The van der Waals surface area contributed by atoms with Crippen molar-refractivity contribution in [3.05, 3.63) is 17.3 Å². The Morgan fingerprint density at radius 2 is 2.18 bits per heavy atom. The minimum Gasteiger partial charge on any atom is -0.397 e. The van der Waals surface area contributed by atoms with Crippen LogP contribution in [-0.2, 0) is 4.79 Å². The number of nitrogens with zero attached hydrogens (tertiary/aromatic N) is 2. The Hall–Kier alpha value is -0.940. The van der Waals surface area contributed by atoms with Crippen LogP contribution in [0.15, 0.2) is 17.2 Å². The summed E-state index contributed by atoms with van der Waals surface area (Å²) in [5.74, 6) is 0.519. The van der Waals surface area contributed by atoms with Gasteiger partial charge in [0, 0.05) is 13.1 Å². The molecule has 1 aliphatic rings. The van der Waals surface area contributed by atoms with Crippen molar-refractivity contribution in [2.24, 2.45) is 0 Å². The highest BCUT2D eigenvalue weighted by Crippen LogP contribution is 2.25. The van der Waals surface area contributed by atoms with Crippen LogP contribution in [0.3, 0.4) is 0 Å². The third-order valence-electron chi connectivity index (χ3n) is 2.65. The number of carbonyl (C=O) groups excluding carboxylic acids is 1. The highest BCUT2D eigenvalue weighted by atomic mass is 35.5. The van der Waals surface area contributed by atoms with E-state index in [1.165, 1.54) is 11.8 Å². The molecular weight excluding hydrogens is 258 g/mol. The van der Waals surface area contributed by atoms with E-state index in [0.29, 0.717) is 21.6 Å². The van der Waals surface area contributed by atoms with Crippen LogP contribution in [0.5, 0.6) is 0 Å². The number of nitrogens with two attached hydrogens (primary N) is 1. The van der Waals surface area contributed by atoms with Crippen molar-refractivity contribution in [1.29, 1.82) is 0 Å². The van der Waals surface area contributed by atoms with Gasteiger partial charge in [0.1, 0.15) is 10.2 Å². The van der Waals surface area contributed by atoms with E-state index < -0.39 is 0 Å². The molecule has 0 spiro atoms. The average molecular weight is 272 g/mol. The minimum absolute atomic E-state index is 0.147. The zero-order valence-electron chi connectivity index (χ0n) is 9.36. The second kappa shape index (κ2) is 5.60. The lowest BCUT2D eigenvalue weighted by Gasteiger charge is -2.14. The summed E-state index contributed by atoms with van der Waals surface area (Å²) in [5.41, 5.74) is 6.33. The zero-order valence-corrected chi connectivity index (χ0v) is 10.9. The van der Waals surface area contributed by atoms with Crippen LogP contribution in [0.1, 0.15) is 12.8 Å². The standard InChI is InChI=1S/C11H14ClN3OS/c12-9-4-3-8(13)11(14-9)17-7-10(16)15-5-1-2-6-15/h3-4H,1-2,5-7,13H2. The van der Waals surface area contributed by atoms with Gasteiger partial charge in [0.15, 0.2) is 0 Å². The lowest BCUT2D eigenvalue weighted by atomic mass is 10.4. The number of hydrogen-bond donors (Lipinski definition) is 1. The predicted molar refractivity (Wildman–Crippen MR) is 70.2 cm³/mol. The highest BCUT2D eigenvalue weighted by Gasteiger charge is 2.18. The summed E-state index contributed by atoms with van der Waals surface area (Å²) in [6.07, 6.45) is 2.21. The van der Waals surface area contributed by atoms with Gasteiger partial charge in [0.2, 0.25) is 5.91 Å². The van der Waals surface area contributed by atoms with Crippen LogP contribution in [-0.4, -0.2) is 34.6 Å².